The summed E-state index contributed by atoms with van der Waals surface area (Å²) in [5.74, 6) is 0. The number of ether oxygens (including phenoxy) is 1. The molecule has 0 radical (unpaired) electrons. The number of hydrogen-bond acceptors (Lipinski definition) is 5. The van der Waals surface area contributed by atoms with Gasteiger partial charge in [0.25, 0.3) is 0 Å². The summed E-state index contributed by atoms with van der Waals surface area (Å²) in [6.45, 7) is 13.3. The summed E-state index contributed by atoms with van der Waals surface area (Å²) >= 11 is 0. The van der Waals surface area contributed by atoms with Crippen LogP contribution in [0.25, 0.3) is 0 Å². The third-order valence-electron chi connectivity index (χ3n) is 2.33. The minimum atomic E-state index is -0.423. The van der Waals surface area contributed by atoms with Gasteiger partial charge >= 0.3 is 6.09 Å². The van der Waals surface area contributed by atoms with Crippen LogP contribution < -0.4 is 11.1 Å². The minimum absolute atomic E-state index is 0.256. The van der Waals surface area contributed by atoms with Crippen molar-refractivity contribution in [2.45, 2.75) is 53.1 Å². The summed E-state index contributed by atoms with van der Waals surface area (Å²) < 4.78 is 5.23. The lowest BCUT2D eigenvalue weighted by atomic mass is 10.2. The van der Waals surface area contributed by atoms with Crippen molar-refractivity contribution >= 4 is 6.09 Å². The van der Waals surface area contributed by atoms with E-state index in [1.807, 2.05) is 40.7 Å². The van der Waals surface area contributed by atoms with E-state index in [2.05, 4.69) is 5.32 Å². The van der Waals surface area contributed by atoms with Crippen molar-refractivity contribution in [2.75, 3.05) is 32.7 Å². The van der Waals surface area contributed by atoms with E-state index in [4.69, 9.17) is 15.7 Å². The van der Waals surface area contributed by atoms with Gasteiger partial charge in [-0.05, 0) is 47.2 Å². The number of carbonyl (C=O) groups excluding carboxylic acids is 1. The summed E-state index contributed by atoms with van der Waals surface area (Å²) in [5.41, 5.74) is 4.96. The predicted molar refractivity (Wildman–Crippen MR) is 85.9 cm³/mol. The summed E-state index contributed by atoms with van der Waals surface area (Å²) in [4.78, 5) is 13.2. The Bertz CT molecular complexity index is 295. The maximum absolute atomic E-state index is 11.6. The number of nitrogens with zero attached hydrogens (tertiary/aromatic N) is 2. The lowest BCUT2D eigenvalue weighted by Crippen LogP contribution is -2.37. The van der Waals surface area contributed by atoms with Gasteiger partial charge in [0.05, 0.1) is 6.07 Å². The van der Waals surface area contributed by atoms with Gasteiger partial charge in [-0.15, -0.1) is 0 Å². The van der Waals surface area contributed by atoms with E-state index in [1.54, 1.807) is 4.90 Å². The lowest BCUT2D eigenvalue weighted by Gasteiger charge is -2.26. The van der Waals surface area contributed by atoms with Crippen molar-refractivity contribution in [2.24, 2.45) is 5.73 Å². The molecule has 0 saturated carbocycles. The Hall–Kier alpha value is -1.32. The summed E-state index contributed by atoms with van der Waals surface area (Å²) in [6.07, 6.45) is 1.18. The number of hydrogen-bond donors (Lipinski definition) is 2. The summed E-state index contributed by atoms with van der Waals surface area (Å²) in [6, 6.07) is 2.04. The first-order valence-corrected chi connectivity index (χ1v) is 7.58. The molecule has 0 aliphatic carbocycles. The van der Waals surface area contributed by atoms with Crippen molar-refractivity contribution in [3.8, 4) is 6.07 Å². The second kappa shape index (κ2) is 13.7. The maximum atomic E-state index is 11.6. The lowest BCUT2D eigenvalue weighted by molar-refractivity contribution is 0.0259. The van der Waals surface area contributed by atoms with Crippen LogP contribution in [0.4, 0.5) is 4.79 Å². The largest absolute Gasteiger partial charge is 0.444 e. The van der Waals surface area contributed by atoms with Gasteiger partial charge in [0.2, 0.25) is 0 Å². The molecule has 0 saturated heterocycles. The van der Waals surface area contributed by atoms with E-state index in [0.717, 1.165) is 19.5 Å². The number of carbonyl (C=O) groups is 1. The Kier molecular flexibility index (Phi) is 14.3. The molecular weight excluding hydrogens is 268 g/mol. The fourth-order valence-corrected chi connectivity index (χ4v) is 1.31. The van der Waals surface area contributed by atoms with Crippen molar-refractivity contribution < 1.29 is 9.53 Å². The van der Waals surface area contributed by atoms with Gasteiger partial charge in [-0.3, -0.25) is 0 Å². The second-order valence-electron chi connectivity index (χ2n) is 5.46. The molecule has 21 heavy (non-hydrogen) atoms. The summed E-state index contributed by atoms with van der Waals surface area (Å²) in [5, 5.41) is 11.0. The monoisotopic (exact) mass is 300 g/mol. The molecule has 0 fully saturated rings. The third kappa shape index (κ3) is 16.6. The molecule has 0 aliphatic rings. The van der Waals surface area contributed by atoms with Gasteiger partial charge < -0.3 is 20.7 Å². The molecule has 0 aromatic heterocycles. The topological polar surface area (TPSA) is 91.4 Å². The van der Waals surface area contributed by atoms with Crippen molar-refractivity contribution in [1.82, 2.24) is 10.2 Å². The molecule has 0 spiro atoms. The highest BCUT2D eigenvalue weighted by Gasteiger charge is 2.20. The minimum Gasteiger partial charge on any atom is -0.444 e. The van der Waals surface area contributed by atoms with E-state index in [1.165, 1.54) is 0 Å². The predicted octanol–water partition coefficient (Wildman–Crippen LogP) is 2.10. The molecule has 0 rings (SSSR count). The first kappa shape index (κ1) is 22.0. The van der Waals surface area contributed by atoms with Gasteiger partial charge in [0.15, 0.2) is 0 Å². The fourth-order valence-electron chi connectivity index (χ4n) is 1.31. The molecule has 6 heteroatoms. The molecule has 0 atom stereocenters. The van der Waals surface area contributed by atoms with E-state index in [9.17, 15) is 4.79 Å². The Morgan fingerprint density at radius 2 is 2.00 bits per heavy atom. The number of nitrogens with one attached hydrogen (secondary N) is 1. The SMILES string of the molecule is CCN(CCCN)C(=O)OC(C)(C)C.CCNCCC#N. The van der Waals surface area contributed by atoms with E-state index < -0.39 is 5.60 Å². The van der Waals surface area contributed by atoms with E-state index in [-0.39, 0.29) is 6.09 Å². The molecule has 0 aromatic carbocycles. The van der Waals surface area contributed by atoms with Crippen LogP contribution in [-0.2, 0) is 4.74 Å². The zero-order valence-corrected chi connectivity index (χ0v) is 14.2. The molecule has 3 N–H and O–H groups in total. The Balaban J connectivity index is 0. The zero-order valence-electron chi connectivity index (χ0n) is 14.2. The van der Waals surface area contributed by atoms with Gasteiger partial charge in [-0.2, -0.15) is 5.26 Å². The quantitative estimate of drug-likeness (QED) is 0.703. The highest BCUT2D eigenvalue weighted by Crippen LogP contribution is 2.09. The highest BCUT2D eigenvalue weighted by atomic mass is 16.6. The van der Waals surface area contributed by atoms with Crippen molar-refractivity contribution in [1.29, 1.82) is 5.26 Å². The van der Waals surface area contributed by atoms with Crippen LogP contribution in [0.3, 0.4) is 0 Å². The first-order chi connectivity index (χ1) is 9.82. The Morgan fingerprint density at radius 3 is 2.38 bits per heavy atom. The van der Waals surface area contributed by atoms with Gasteiger partial charge in [-0.1, -0.05) is 6.92 Å². The molecule has 124 valence electrons. The van der Waals surface area contributed by atoms with Crippen LogP contribution in [0, 0.1) is 11.3 Å². The molecule has 1 amide bonds. The average Bonchev–Trinajstić information content (AvgIpc) is 2.39. The van der Waals surface area contributed by atoms with Crippen LogP contribution >= 0.6 is 0 Å². The molecule has 6 nitrogen and oxygen atoms in total. The highest BCUT2D eigenvalue weighted by molar-refractivity contribution is 5.68. The Morgan fingerprint density at radius 1 is 1.38 bits per heavy atom. The first-order valence-electron chi connectivity index (χ1n) is 7.58. The van der Waals surface area contributed by atoms with E-state index in [0.29, 0.717) is 26.1 Å². The number of amides is 1. The maximum Gasteiger partial charge on any atom is 0.410 e. The number of nitrogens with two attached hydrogens (primary N) is 1. The normalized spacial score (nSPS) is 10.1. The van der Waals surface area contributed by atoms with Crippen molar-refractivity contribution in [3.63, 3.8) is 0 Å². The number of nitriles is 1. The molecular formula is C15H32N4O2. The third-order valence-corrected chi connectivity index (χ3v) is 2.33. The molecule has 0 heterocycles. The standard InChI is InChI=1S/C10H22N2O2.C5H10N2/c1-5-12(8-6-7-11)9(13)14-10(2,3)4;1-2-7-5-3-4-6/h5-8,11H2,1-4H3;7H,2-3,5H2,1H3. The van der Waals surface area contributed by atoms with E-state index >= 15 is 0 Å². The van der Waals surface area contributed by atoms with Gasteiger partial charge in [0.1, 0.15) is 5.60 Å². The molecule has 0 aliphatic heterocycles. The number of rotatable bonds is 7. The van der Waals surface area contributed by atoms with Crippen LogP contribution in [-0.4, -0.2) is 49.3 Å². The second-order valence-corrected chi connectivity index (χ2v) is 5.46. The van der Waals surface area contributed by atoms with Gasteiger partial charge in [0, 0.05) is 26.1 Å². The zero-order chi connectivity index (χ0) is 16.7. The van der Waals surface area contributed by atoms with Gasteiger partial charge in [-0.25, -0.2) is 4.79 Å². The average molecular weight is 300 g/mol. The van der Waals surface area contributed by atoms with Crippen LogP contribution in [0.5, 0.6) is 0 Å². The molecule has 0 aromatic rings. The molecule has 0 bridgehead atoms. The smallest absolute Gasteiger partial charge is 0.410 e. The van der Waals surface area contributed by atoms with Crippen LogP contribution in [0.2, 0.25) is 0 Å². The van der Waals surface area contributed by atoms with Crippen molar-refractivity contribution in [3.05, 3.63) is 0 Å². The summed E-state index contributed by atoms with van der Waals surface area (Å²) in [7, 11) is 0. The van der Waals surface area contributed by atoms with Crippen LogP contribution in [0.1, 0.15) is 47.5 Å². The molecule has 0 unspecified atom stereocenters. The van der Waals surface area contributed by atoms with Crippen LogP contribution in [0.15, 0.2) is 0 Å². The Labute approximate surface area is 129 Å². The fraction of sp³-hybridized carbons (Fsp3) is 0.867.